The van der Waals surface area contributed by atoms with Crippen molar-refractivity contribution >= 4 is 23.7 Å². The number of nitrogens with one attached hydrogen (secondary N) is 1. The van der Waals surface area contributed by atoms with Gasteiger partial charge in [-0.15, -0.1) is 0 Å². The van der Waals surface area contributed by atoms with Gasteiger partial charge >= 0.3 is 12.0 Å². The predicted octanol–water partition coefficient (Wildman–Crippen LogP) is 2.67. The molecule has 1 aliphatic heterocycles. The minimum Gasteiger partial charge on any atom is -0.456 e. The van der Waals surface area contributed by atoms with Crippen molar-refractivity contribution in [1.29, 1.82) is 0 Å². The third-order valence-electron chi connectivity index (χ3n) is 6.85. The molecule has 162 valence electrons. The molecule has 0 unspecified atom stereocenters. The number of nitrogens with zero attached hydrogens (tertiary/aromatic N) is 2. The van der Waals surface area contributed by atoms with Crippen LogP contribution in [-0.4, -0.2) is 51.8 Å². The maximum Gasteiger partial charge on any atom is 0.326 e. The molecule has 0 radical (unpaired) electrons. The molecule has 3 aliphatic rings. The van der Waals surface area contributed by atoms with Crippen molar-refractivity contribution in [3.63, 3.8) is 0 Å². The minimum absolute atomic E-state index is 0.0204. The number of ketones is 1. The van der Waals surface area contributed by atoms with Gasteiger partial charge in [0, 0.05) is 23.0 Å². The summed E-state index contributed by atoms with van der Waals surface area (Å²) in [7, 11) is 0. The lowest BCUT2D eigenvalue weighted by Gasteiger charge is -2.36. The minimum atomic E-state index is -0.911. The second-order valence-electron chi connectivity index (χ2n) is 8.91. The Morgan fingerprint density at radius 2 is 1.93 bits per heavy atom. The van der Waals surface area contributed by atoms with Crippen LogP contribution in [0.2, 0.25) is 0 Å². The van der Waals surface area contributed by atoms with Crippen LogP contribution in [0.3, 0.4) is 0 Å². The van der Waals surface area contributed by atoms with E-state index in [1.165, 1.54) is 0 Å². The predicted molar refractivity (Wildman–Crippen MR) is 108 cm³/mol. The van der Waals surface area contributed by atoms with Gasteiger partial charge in [0.2, 0.25) is 5.78 Å². The van der Waals surface area contributed by atoms with Crippen LogP contribution in [0.25, 0.3) is 0 Å². The van der Waals surface area contributed by atoms with Gasteiger partial charge in [-0.1, -0.05) is 19.8 Å². The number of hydrogen-bond donors (Lipinski definition) is 1. The van der Waals surface area contributed by atoms with Crippen molar-refractivity contribution in [1.82, 2.24) is 14.8 Å². The number of urea groups is 1. The summed E-state index contributed by atoms with van der Waals surface area (Å²) in [5, 5.41) is 2.81. The summed E-state index contributed by atoms with van der Waals surface area (Å²) in [6.45, 7) is 4.94. The molecule has 3 amide bonds. The Kier molecular flexibility index (Phi) is 5.20. The van der Waals surface area contributed by atoms with Gasteiger partial charge in [-0.2, -0.15) is 0 Å². The van der Waals surface area contributed by atoms with Crippen LogP contribution in [-0.2, 0) is 14.3 Å². The Balaban J connectivity index is 1.36. The highest BCUT2D eigenvalue weighted by Crippen LogP contribution is 2.39. The zero-order chi connectivity index (χ0) is 21.6. The van der Waals surface area contributed by atoms with Crippen LogP contribution < -0.4 is 5.32 Å². The molecule has 8 heteroatoms. The number of aryl methyl sites for hydroxylation is 1. The lowest BCUT2D eigenvalue weighted by atomic mass is 9.73. The largest absolute Gasteiger partial charge is 0.456 e. The van der Waals surface area contributed by atoms with E-state index in [-0.39, 0.29) is 17.6 Å². The van der Waals surface area contributed by atoms with Crippen molar-refractivity contribution in [2.24, 2.45) is 5.92 Å². The lowest BCUT2D eigenvalue weighted by molar-refractivity contribution is -0.147. The zero-order valence-corrected chi connectivity index (χ0v) is 17.8. The molecule has 1 spiro atoms. The van der Waals surface area contributed by atoms with Gasteiger partial charge in [0.15, 0.2) is 6.61 Å². The smallest absolute Gasteiger partial charge is 0.326 e. The standard InChI is InChI=1S/C22H29N3O5/c1-13-6-4-5-9-22(13)20(28)24(21(29)23-22)11-19(27)30-12-18(26)17-10-14(2)25(15(17)3)16-7-8-16/h10,13,16H,4-9,11-12H2,1-3H3,(H,23,29)/t13-,22+/m0/s1. The van der Waals surface area contributed by atoms with Crippen LogP contribution in [0.4, 0.5) is 4.79 Å². The van der Waals surface area contributed by atoms with Crippen molar-refractivity contribution in [3.8, 4) is 0 Å². The molecule has 1 aromatic rings. The van der Waals surface area contributed by atoms with Gasteiger partial charge in [0.1, 0.15) is 12.1 Å². The number of carbonyl (C=O) groups is 4. The average Bonchev–Trinajstić information content (AvgIpc) is 3.45. The van der Waals surface area contributed by atoms with Gasteiger partial charge in [0.05, 0.1) is 0 Å². The Morgan fingerprint density at radius 3 is 2.60 bits per heavy atom. The third kappa shape index (κ3) is 3.42. The van der Waals surface area contributed by atoms with Crippen molar-refractivity contribution in [2.75, 3.05) is 13.2 Å². The van der Waals surface area contributed by atoms with E-state index in [0.29, 0.717) is 18.0 Å². The van der Waals surface area contributed by atoms with Crippen LogP contribution >= 0.6 is 0 Å². The molecule has 3 fully saturated rings. The van der Waals surface area contributed by atoms with Crippen molar-refractivity contribution in [3.05, 3.63) is 23.0 Å². The summed E-state index contributed by atoms with van der Waals surface area (Å²) in [5.74, 6) is -1.38. The molecule has 2 saturated carbocycles. The molecule has 1 aromatic heterocycles. The number of amides is 3. The van der Waals surface area contributed by atoms with E-state index in [0.717, 1.165) is 48.4 Å². The monoisotopic (exact) mass is 415 g/mol. The SMILES string of the molecule is Cc1cc(C(=O)COC(=O)CN2C(=O)N[C@@]3(CCCC[C@@H]3C)C2=O)c(C)n1C1CC1. The topological polar surface area (TPSA) is 97.7 Å². The van der Waals surface area contributed by atoms with E-state index in [1.54, 1.807) is 0 Å². The maximum atomic E-state index is 12.9. The van der Waals surface area contributed by atoms with E-state index >= 15 is 0 Å². The molecule has 2 atom stereocenters. The number of aromatic nitrogens is 1. The summed E-state index contributed by atoms with van der Waals surface area (Å²) in [4.78, 5) is 51.1. The molecular weight excluding hydrogens is 386 g/mol. The number of hydrogen-bond acceptors (Lipinski definition) is 5. The molecule has 0 aromatic carbocycles. The number of imide groups is 1. The Morgan fingerprint density at radius 1 is 1.20 bits per heavy atom. The maximum absolute atomic E-state index is 12.9. The number of rotatable bonds is 6. The van der Waals surface area contributed by atoms with Gasteiger partial charge in [0.25, 0.3) is 5.91 Å². The second kappa shape index (κ2) is 7.56. The van der Waals surface area contributed by atoms with E-state index < -0.39 is 30.7 Å². The van der Waals surface area contributed by atoms with Crippen LogP contribution in [0.15, 0.2) is 6.07 Å². The number of ether oxygens (including phenoxy) is 1. The molecule has 1 saturated heterocycles. The summed E-state index contributed by atoms with van der Waals surface area (Å²) in [5.41, 5.74) is 1.55. The number of Topliss-reactive ketones (excluding diaryl/α,β-unsaturated/α-hetero) is 1. The molecule has 30 heavy (non-hydrogen) atoms. The second-order valence-corrected chi connectivity index (χ2v) is 8.91. The van der Waals surface area contributed by atoms with Gasteiger partial charge in [-0.3, -0.25) is 19.3 Å². The molecule has 4 rings (SSSR count). The van der Waals surface area contributed by atoms with E-state index in [1.807, 2.05) is 26.8 Å². The van der Waals surface area contributed by atoms with Gasteiger partial charge in [-0.25, -0.2) is 4.79 Å². The van der Waals surface area contributed by atoms with E-state index in [4.69, 9.17) is 4.74 Å². The van der Waals surface area contributed by atoms with Gasteiger partial charge in [-0.05, 0) is 51.5 Å². The first-order valence-corrected chi connectivity index (χ1v) is 10.8. The fourth-order valence-electron chi connectivity index (χ4n) is 4.99. The molecule has 2 aliphatic carbocycles. The van der Waals surface area contributed by atoms with Crippen LogP contribution in [0.5, 0.6) is 0 Å². The summed E-state index contributed by atoms with van der Waals surface area (Å²) in [6, 6.07) is 1.73. The number of carbonyl (C=O) groups excluding carboxylic acids is 4. The lowest BCUT2D eigenvalue weighted by Crippen LogP contribution is -2.54. The Bertz CT molecular complexity index is 916. The highest BCUT2D eigenvalue weighted by molar-refractivity contribution is 6.09. The summed E-state index contributed by atoms with van der Waals surface area (Å²) in [6.07, 6.45) is 5.56. The third-order valence-corrected chi connectivity index (χ3v) is 6.85. The van der Waals surface area contributed by atoms with Crippen LogP contribution in [0.1, 0.15) is 73.2 Å². The normalized spacial score (nSPS) is 26.2. The first-order valence-electron chi connectivity index (χ1n) is 10.8. The molecular formula is C22H29N3O5. The first kappa shape index (κ1) is 20.6. The summed E-state index contributed by atoms with van der Waals surface area (Å²) < 4.78 is 7.29. The summed E-state index contributed by atoms with van der Waals surface area (Å²) >= 11 is 0. The average molecular weight is 415 g/mol. The zero-order valence-electron chi connectivity index (χ0n) is 17.8. The van der Waals surface area contributed by atoms with E-state index in [2.05, 4.69) is 9.88 Å². The first-order chi connectivity index (χ1) is 14.2. The highest BCUT2D eigenvalue weighted by Gasteiger charge is 2.55. The quantitative estimate of drug-likeness (QED) is 0.438. The molecule has 1 N–H and O–H groups in total. The molecule has 8 nitrogen and oxygen atoms in total. The van der Waals surface area contributed by atoms with E-state index in [9.17, 15) is 19.2 Å². The van der Waals surface area contributed by atoms with Crippen LogP contribution in [0, 0.1) is 19.8 Å². The Hall–Kier alpha value is -2.64. The van der Waals surface area contributed by atoms with Crippen molar-refractivity contribution in [2.45, 2.75) is 70.9 Å². The fourth-order valence-corrected chi connectivity index (χ4v) is 4.99. The highest BCUT2D eigenvalue weighted by atomic mass is 16.5. The molecule has 0 bridgehead atoms. The van der Waals surface area contributed by atoms with Crippen molar-refractivity contribution < 1.29 is 23.9 Å². The molecule has 2 heterocycles. The fraction of sp³-hybridized carbons (Fsp3) is 0.636. The Labute approximate surface area is 175 Å². The number of esters is 1. The van der Waals surface area contributed by atoms with Gasteiger partial charge < -0.3 is 14.6 Å².